The van der Waals surface area contributed by atoms with Crippen LogP contribution in [-0.2, 0) is 9.59 Å². The largest absolute Gasteiger partial charge is 0.459 e. The fourth-order valence-corrected chi connectivity index (χ4v) is 3.90. The molecule has 0 radical (unpaired) electrons. The highest BCUT2D eigenvalue weighted by Crippen LogP contribution is 2.24. The first-order chi connectivity index (χ1) is 14.6. The molecule has 1 fully saturated rings. The van der Waals surface area contributed by atoms with Crippen LogP contribution in [0.2, 0.25) is 0 Å². The van der Waals surface area contributed by atoms with Gasteiger partial charge in [-0.2, -0.15) is 0 Å². The van der Waals surface area contributed by atoms with Crippen LogP contribution in [0.1, 0.15) is 31.6 Å². The molecule has 6 nitrogen and oxygen atoms in total. The van der Waals surface area contributed by atoms with Gasteiger partial charge in [0.15, 0.2) is 0 Å². The lowest BCUT2D eigenvalue weighted by molar-refractivity contribution is -0.124. The van der Waals surface area contributed by atoms with E-state index >= 15 is 0 Å². The average Bonchev–Trinajstić information content (AvgIpc) is 3.19. The van der Waals surface area contributed by atoms with Crippen LogP contribution in [0.4, 0.5) is 5.69 Å². The second kappa shape index (κ2) is 9.13. The molecule has 156 valence electrons. The smallest absolute Gasteiger partial charge is 0.234 e. The zero-order valence-corrected chi connectivity index (χ0v) is 17.1. The van der Waals surface area contributed by atoms with Gasteiger partial charge in [0.25, 0.3) is 0 Å². The molecule has 1 aliphatic heterocycles. The van der Waals surface area contributed by atoms with Crippen molar-refractivity contribution in [3.8, 4) is 0 Å². The maximum atomic E-state index is 12.5. The van der Waals surface area contributed by atoms with Crippen molar-refractivity contribution in [1.29, 1.82) is 0 Å². The monoisotopic (exact) mass is 405 g/mol. The molecule has 3 aromatic rings. The summed E-state index contributed by atoms with van der Waals surface area (Å²) >= 11 is 0. The van der Waals surface area contributed by atoms with Gasteiger partial charge in [0.2, 0.25) is 11.8 Å². The van der Waals surface area contributed by atoms with Gasteiger partial charge in [-0.1, -0.05) is 36.4 Å². The Hall–Kier alpha value is -3.12. The fraction of sp³-hybridized carbons (Fsp3) is 0.333. The van der Waals surface area contributed by atoms with Crippen LogP contribution in [0.5, 0.6) is 0 Å². The number of carbonyl (C=O) groups excluding carboxylic acids is 2. The molecule has 0 aliphatic carbocycles. The minimum atomic E-state index is -0.195. The van der Waals surface area contributed by atoms with Crippen LogP contribution in [0.25, 0.3) is 11.0 Å². The van der Waals surface area contributed by atoms with E-state index in [2.05, 4.69) is 15.5 Å². The number of hydrogen-bond donors (Lipinski definition) is 2. The van der Waals surface area contributed by atoms with Crippen molar-refractivity contribution in [3.63, 3.8) is 0 Å². The number of nitrogens with zero attached hydrogens (tertiary/aromatic N) is 1. The highest BCUT2D eigenvalue weighted by Gasteiger charge is 2.26. The Balaban J connectivity index is 1.23. The molecule has 2 heterocycles. The molecular formula is C24H27N3O3. The highest BCUT2D eigenvalue weighted by atomic mass is 16.3. The van der Waals surface area contributed by atoms with E-state index in [4.69, 9.17) is 4.42 Å². The minimum absolute atomic E-state index is 0.0148. The van der Waals surface area contributed by atoms with Gasteiger partial charge in [0, 0.05) is 17.0 Å². The zero-order valence-electron chi connectivity index (χ0n) is 17.1. The Morgan fingerprint density at radius 3 is 2.50 bits per heavy atom. The lowest BCUT2D eigenvalue weighted by Crippen LogP contribution is -2.43. The number of rotatable bonds is 6. The number of amides is 2. The summed E-state index contributed by atoms with van der Waals surface area (Å²) in [5.74, 6) is 0.763. The van der Waals surface area contributed by atoms with E-state index in [1.54, 1.807) is 0 Å². The third-order valence-corrected chi connectivity index (χ3v) is 5.62. The summed E-state index contributed by atoms with van der Waals surface area (Å²) in [7, 11) is 0. The molecule has 0 spiro atoms. The molecule has 0 unspecified atom stereocenters. The molecule has 6 heteroatoms. The Labute approximate surface area is 176 Å². The van der Waals surface area contributed by atoms with Gasteiger partial charge in [-0.15, -0.1) is 0 Å². The van der Waals surface area contributed by atoms with Crippen molar-refractivity contribution >= 4 is 28.5 Å². The molecule has 1 aliphatic rings. The lowest BCUT2D eigenvalue weighted by Gasteiger charge is -2.31. The number of fused-ring (bicyclic) bond motifs is 1. The standard InChI is InChI=1S/C24H27N3O3/c1-17(22-15-19-7-5-6-10-21(19)30-22)25-23(28)16-27-13-11-18(12-14-27)24(29)26-20-8-3-2-4-9-20/h2-10,15,17-18H,11-14,16H2,1H3,(H,25,28)(H,26,29)/t17-/m0/s1. The predicted molar refractivity (Wildman–Crippen MR) is 117 cm³/mol. The number of likely N-dealkylation sites (tertiary alicyclic amines) is 1. The summed E-state index contributed by atoms with van der Waals surface area (Å²) in [4.78, 5) is 27.1. The first kappa shape index (κ1) is 20.2. The number of carbonyl (C=O) groups is 2. The Morgan fingerprint density at radius 2 is 1.77 bits per heavy atom. The van der Waals surface area contributed by atoms with E-state index in [9.17, 15) is 9.59 Å². The molecular weight excluding hydrogens is 378 g/mol. The SMILES string of the molecule is C[C@H](NC(=O)CN1CCC(C(=O)Nc2ccccc2)CC1)c1cc2ccccc2o1. The maximum Gasteiger partial charge on any atom is 0.234 e. The number of anilines is 1. The molecule has 0 saturated carbocycles. The molecule has 2 amide bonds. The lowest BCUT2D eigenvalue weighted by atomic mass is 9.96. The van der Waals surface area contributed by atoms with Gasteiger partial charge >= 0.3 is 0 Å². The fourth-order valence-electron chi connectivity index (χ4n) is 3.90. The minimum Gasteiger partial charge on any atom is -0.459 e. The van der Waals surface area contributed by atoms with Crippen LogP contribution in [0.15, 0.2) is 65.1 Å². The topological polar surface area (TPSA) is 74.6 Å². The summed E-state index contributed by atoms with van der Waals surface area (Å²) in [5.41, 5.74) is 1.65. The van der Waals surface area contributed by atoms with Crippen LogP contribution in [0.3, 0.4) is 0 Å². The van der Waals surface area contributed by atoms with E-state index in [1.165, 1.54) is 0 Å². The third kappa shape index (κ3) is 4.89. The normalized spacial score (nSPS) is 16.3. The number of nitrogens with one attached hydrogen (secondary N) is 2. The van der Waals surface area contributed by atoms with Crippen LogP contribution < -0.4 is 10.6 Å². The summed E-state index contributed by atoms with van der Waals surface area (Å²) in [5, 5.41) is 7.02. The van der Waals surface area contributed by atoms with Gasteiger partial charge in [-0.05, 0) is 57.1 Å². The van der Waals surface area contributed by atoms with Crippen molar-refractivity contribution in [2.24, 2.45) is 5.92 Å². The van der Waals surface area contributed by atoms with Gasteiger partial charge in [-0.3, -0.25) is 14.5 Å². The number of benzene rings is 2. The molecule has 2 N–H and O–H groups in total. The van der Waals surface area contributed by atoms with Gasteiger partial charge in [0.05, 0.1) is 12.6 Å². The van der Waals surface area contributed by atoms with E-state index < -0.39 is 0 Å². The number of hydrogen-bond acceptors (Lipinski definition) is 4. The second-order valence-electron chi connectivity index (χ2n) is 7.88. The number of para-hydroxylation sites is 2. The zero-order chi connectivity index (χ0) is 20.9. The highest BCUT2D eigenvalue weighted by molar-refractivity contribution is 5.92. The summed E-state index contributed by atoms with van der Waals surface area (Å²) in [6.07, 6.45) is 1.51. The Bertz CT molecular complexity index is 974. The van der Waals surface area contributed by atoms with Crippen molar-refractivity contribution in [2.45, 2.75) is 25.8 Å². The average molecular weight is 405 g/mol. The molecule has 4 rings (SSSR count). The van der Waals surface area contributed by atoms with Crippen molar-refractivity contribution < 1.29 is 14.0 Å². The quantitative estimate of drug-likeness (QED) is 0.651. The van der Waals surface area contributed by atoms with Crippen LogP contribution >= 0.6 is 0 Å². The molecule has 2 aromatic carbocycles. The summed E-state index contributed by atoms with van der Waals surface area (Å²) < 4.78 is 5.84. The third-order valence-electron chi connectivity index (χ3n) is 5.62. The second-order valence-corrected chi connectivity index (χ2v) is 7.88. The Kier molecular flexibility index (Phi) is 6.14. The molecule has 1 saturated heterocycles. The maximum absolute atomic E-state index is 12.5. The molecule has 1 atom stereocenters. The van der Waals surface area contributed by atoms with Crippen LogP contribution in [0, 0.1) is 5.92 Å². The number of furan rings is 1. The summed E-state index contributed by atoms with van der Waals surface area (Å²) in [6, 6.07) is 19.1. The van der Waals surface area contributed by atoms with Gasteiger partial charge in [0.1, 0.15) is 11.3 Å². The van der Waals surface area contributed by atoms with E-state index in [1.807, 2.05) is 67.6 Å². The van der Waals surface area contributed by atoms with Gasteiger partial charge < -0.3 is 15.1 Å². The van der Waals surface area contributed by atoms with E-state index in [0.29, 0.717) is 6.54 Å². The van der Waals surface area contributed by atoms with Crippen molar-refractivity contribution in [3.05, 3.63) is 66.4 Å². The van der Waals surface area contributed by atoms with E-state index in [0.717, 1.165) is 48.3 Å². The van der Waals surface area contributed by atoms with Crippen molar-refractivity contribution in [1.82, 2.24) is 10.2 Å². The Morgan fingerprint density at radius 1 is 1.07 bits per heavy atom. The molecule has 30 heavy (non-hydrogen) atoms. The first-order valence-electron chi connectivity index (χ1n) is 10.4. The van der Waals surface area contributed by atoms with Crippen LogP contribution in [-0.4, -0.2) is 36.3 Å². The molecule has 1 aromatic heterocycles. The van der Waals surface area contributed by atoms with Crippen molar-refractivity contribution in [2.75, 3.05) is 25.0 Å². The number of piperidine rings is 1. The van der Waals surface area contributed by atoms with E-state index in [-0.39, 0.29) is 23.8 Å². The summed E-state index contributed by atoms with van der Waals surface area (Å²) in [6.45, 7) is 3.73. The first-order valence-corrected chi connectivity index (χ1v) is 10.4. The van der Waals surface area contributed by atoms with Gasteiger partial charge in [-0.25, -0.2) is 0 Å². The molecule has 0 bridgehead atoms. The predicted octanol–water partition coefficient (Wildman–Crippen LogP) is 3.96.